The molecule has 1 aliphatic heterocycles. The maximum absolute atomic E-state index is 12.5. The van der Waals surface area contributed by atoms with Crippen LogP contribution in [0.1, 0.15) is 11.3 Å². The lowest BCUT2D eigenvalue weighted by Gasteiger charge is -2.35. The highest BCUT2D eigenvalue weighted by molar-refractivity contribution is 5.94. The molecule has 0 atom stereocenters. The third kappa shape index (κ3) is 6.38. The molecule has 3 aromatic carbocycles. The van der Waals surface area contributed by atoms with Gasteiger partial charge in [0.25, 0.3) is 0 Å². The van der Waals surface area contributed by atoms with Crippen LogP contribution in [0, 0.1) is 0 Å². The van der Waals surface area contributed by atoms with Crippen molar-refractivity contribution in [2.24, 2.45) is 0 Å². The van der Waals surface area contributed by atoms with Crippen LogP contribution in [0.4, 0.5) is 24.7 Å². The Hall–Kier alpha value is -4.18. The van der Waals surface area contributed by atoms with E-state index in [-0.39, 0.29) is 18.2 Å². The molecule has 0 spiro atoms. The molecule has 1 saturated heterocycles. The predicted molar refractivity (Wildman–Crippen MR) is 139 cm³/mol. The molecular weight excluding hydrogens is 495 g/mol. The molecule has 0 saturated carbocycles. The molecule has 196 valence electrons. The monoisotopic (exact) mass is 521 g/mol. The number of nitrogens with zero attached hydrogens (tertiary/aromatic N) is 4. The number of carbonyl (C=O) groups excluding carboxylic acids is 1. The van der Waals surface area contributed by atoms with Crippen LogP contribution in [0.5, 0.6) is 5.75 Å². The zero-order valence-electron chi connectivity index (χ0n) is 20.5. The van der Waals surface area contributed by atoms with Gasteiger partial charge in [0.15, 0.2) is 5.82 Å². The molecule has 1 aliphatic rings. The lowest BCUT2D eigenvalue weighted by atomic mass is 10.0. The van der Waals surface area contributed by atoms with Crippen LogP contribution in [-0.4, -0.2) is 60.1 Å². The number of alkyl halides is 3. The molecule has 7 nitrogen and oxygen atoms in total. The smallest absolute Gasteiger partial charge is 0.406 e. The second-order valence-corrected chi connectivity index (χ2v) is 9.06. The van der Waals surface area contributed by atoms with Crippen molar-refractivity contribution in [1.82, 2.24) is 15.1 Å². The van der Waals surface area contributed by atoms with Gasteiger partial charge in [0.1, 0.15) is 5.75 Å². The van der Waals surface area contributed by atoms with E-state index < -0.39 is 6.36 Å². The number of hydrogen-bond donors (Lipinski definition) is 1. The topological polar surface area (TPSA) is 70.6 Å². The highest BCUT2D eigenvalue weighted by Crippen LogP contribution is 2.28. The van der Waals surface area contributed by atoms with Crippen molar-refractivity contribution >= 4 is 28.2 Å². The SMILES string of the molecule is O=C(CN1CCN(c2nnc(Cc3ccccc3)c3ccccc23)CC1)Nc1ccc(OC(F)(F)F)cc1. The summed E-state index contributed by atoms with van der Waals surface area (Å²) in [7, 11) is 0. The number of hydrogen-bond acceptors (Lipinski definition) is 6. The Bertz CT molecular complexity index is 1390. The summed E-state index contributed by atoms with van der Waals surface area (Å²) in [5.41, 5.74) is 2.52. The summed E-state index contributed by atoms with van der Waals surface area (Å²) < 4.78 is 40.8. The first kappa shape index (κ1) is 25.5. The van der Waals surface area contributed by atoms with Crippen LogP contribution in [0.2, 0.25) is 0 Å². The fourth-order valence-corrected chi connectivity index (χ4v) is 4.56. The quantitative estimate of drug-likeness (QED) is 0.374. The highest BCUT2D eigenvalue weighted by atomic mass is 19.4. The molecule has 2 heterocycles. The van der Waals surface area contributed by atoms with Crippen molar-refractivity contribution in [3.8, 4) is 5.75 Å². The third-order valence-corrected chi connectivity index (χ3v) is 6.37. The second-order valence-electron chi connectivity index (χ2n) is 9.06. The Morgan fingerprint density at radius 2 is 1.50 bits per heavy atom. The van der Waals surface area contributed by atoms with Crippen molar-refractivity contribution in [3.05, 3.63) is 90.1 Å². The number of fused-ring (bicyclic) bond motifs is 1. The Labute approximate surface area is 217 Å². The molecule has 4 aromatic rings. The Balaban J connectivity index is 1.18. The molecular formula is C28H26F3N5O2. The van der Waals surface area contributed by atoms with Crippen molar-refractivity contribution in [2.45, 2.75) is 12.8 Å². The number of nitrogens with one attached hydrogen (secondary N) is 1. The van der Waals surface area contributed by atoms with Crippen LogP contribution < -0.4 is 15.0 Å². The Kier molecular flexibility index (Phi) is 7.41. The van der Waals surface area contributed by atoms with Crippen molar-refractivity contribution in [3.63, 3.8) is 0 Å². The molecule has 1 N–H and O–H groups in total. The van der Waals surface area contributed by atoms with Crippen LogP contribution in [0.3, 0.4) is 0 Å². The van der Waals surface area contributed by atoms with Crippen molar-refractivity contribution in [1.29, 1.82) is 0 Å². The summed E-state index contributed by atoms with van der Waals surface area (Å²) >= 11 is 0. The Morgan fingerprint density at radius 1 is 0.842 bits per heavy atom. The number of amides is 1. The van der Waals surface area contributed by atoms with Gasteiger partial charge in [-0.05, 0) is 29.8 Å². The summed E-state index contributed by atoms with van der Waals surface area (Å²) in [6.45, 7) is 2.87. The van der Waals surface area contributed by atoms with E-state index in [9.17, 15) is 18.0 Å². The lowest BCUT2D eigenvalue weighted by Crippen LogP contribution is -2.49. The number of piperazine rings is 1. The van der Waals surface area contributed by atoms with Gasteiger partial charge < -0.3 is 15.0 Å². The normalized spacial score (nSPS) is 14.4. The van der Waals surface area contributed by atoms with E-state index in [0.29, 0.717) is 38.3 Å². The number of benzene rings is 3. The number of carbonyl (C=O) groups is 1. The van der Waals surface area contributed by atoms with Crippen molar-refractivity contribution < 1.29 is 22.7 Å². The molecule has 0 aliphatic carbocycles. The number of anilines is 2. The molecule has 1 fully saturated rings. The minimum atomic E-state index is -4.75. The van der Waals surface area contributed by atoms with Gasteiger partial charge in [0.05, 0.1) is 12.2 Å². The second kappa shape index (κ2) is 11.1. The van der Waals surface area contributed by atoms with Gasteiger partial charge in [0.2, 0.25) is 5.91 Å². The summed E-state index contributed by atoms with van der Waals surface area (Å²) in [4.78, 5) is 16.7. The number of halogens is 3. The van der Waals surface area contributed by atoms with Gasteiger partial charge >= 0.3 is 6.36 Å². The molecule has 38 heavy (non-hydrogen) atoms. The van der Waals surface area contributed by atoms with Gasteiger partial charge in [0, 0.05) is 49.1 Å². The summed E-state index contributed by atoms with van der Waals surface area (Å²) in [5.74, 6) is 0.261. The van der Waals surface area contributed by atoms with Gasteiger partial charge in [-0.25, -0.2) is 0 Å². The molecule has 0 radical (unpaired) electrons. The molecule has 5 rings (SSSR count). The minimum Gasteiger partial charge on any atom is -0.406 e. The third-order valence-electron chi connectivity index (χ3n) is 6.37. The average molecular weight is 522 g/mol. The van der Waals surface area contributed by atoms with E-state index in [2.05, 4.69) is 49.4 Å². The first-order valence-electron chi connectivity index (χ1n) is 12.3. The first-order chi connectivity index (χ1) is 18.3. The largest absolute Gasteiger partial charge is 0.573 e. The maximum atomic E-state index is 12.5. The van der Waals surface area contributed by atoms with E-state index in [1.54, 1.807) is 0 Å². The van der Waals surface area contributed by atoms with Crippen LogP contribution >= 0.6 is 0 Å². The highest BCUT2D eigenvalue weighted by Gasteiger charge is 2.31. The van der Waals surface area contributed by atoms with E-state index in [0.717, 1.165) is 22.3 Å². The number of aromatic nitrogens is 2. The lowest BCUT2D eigenvalue weighted by molar-refractivity contribution is -0.274. The molecule has 0 bridgehead atoms. The van der Waals surface area contributed by atoms with E-state index in [4.69, 9.17) is 0 Å². The van der Waals surface area contributed by atoms with Crippen LogP contribution in [0.15, 0.2) is 78.9 Å². The first-order valence-corrected chi connectivity index (χ1v) is 12.3. The standard InChI is InChI=1S/C28H26F3N5O2/c29-28(30,31)38-22-12-10-21(11-13-22)32-26(37)19-35-14-16-36(17-15-35)27-24-9-5-4-8-23(24)25(33-34-27)18-20-6-2-1-3-7-20/h1-13H,14-19H2,(H,32,37). The summed E-state index contributed by atoms with van der Waals surface area (Å²) in [6, 6.07) is 23.4. The van der Waals surface area contributed by atoms with Gasteiger partial charge in [-0.15, -0.1) is 18.3 Å². The van der Waals surface area contributed by atoms with E-state index >= 15 is 0 Å². The predicted octanol–water partition coefficient (Wildman–Crippen LogP) is 4.88. The van der Waals surface area contributed by atoms with Crippen molar-refractivity contribution in [2.75, 3.05) is 42.9 Å². The number of ether oxygens (including phenoxy) is 1. The summed E-state index contributed by atoms with van der Waals surface area (Å²) in [6.07, 6.45) is -4.05. The molecule has 1 amide bonds. The fourth-order valence-electron chi connectivity index (χ4n) is 4.56. The Morgan fingerprint density at radius 3 is 2.18 bits per heavy atom. The molecule has 0 unspecified atom stereocenters. The molecule has 10 heteroatoms. The number of rotatable bonds is 7. The van der Waals surface area contributed by atoms with Gasteiger partial charge in [-0.3, -0.25) is 9.69 Å². The van der Waals surface area contributed by atoms with Gasteiger partial charge in [-0.1, -0.05) is 54.6 Å². The minimum absolute atomic E-state index is 0.178. The average Bonchev–Trinajstić information content (AvgIpc) is 2.90. The van der Waals surface area contributed by atoms with Crippen LogP contribution in [0.25, 0.3) is 10.8 Å². The van der Waals surface area contributed by atoms with Crippen LogP contribution in [-0.2, 0) is 11.2 Å². The van der Waals surface area contributed by atoms with E-state index in [1.165, 1.54) is 29.8 Å². The zero-order valence-corrected chi connectivity index (χ0v) is 20.5. The zero-order chi connectivity index (χ0) is 26.5. The molecule has 1 aromatic heterocycles. The summed E-state index contributed by atoms with van der Waals surface area (Å²) in [5, 5.41) is 14.0. The maximum Gasteiger partial charge on any atom is 0.573 e. The van der Waals surface area contributed by atoms with E-state index in [1.807, 2.05) is 35.2 Å². The van der Waals surface area contributed by atoms with Gasteiger partial charge in [-0.2, -0.15) is 5.10 Å². The fraction of sp³-hybridized carbons (Fsp3) is 0.250.